The molecule has 2 saturated carbocycles. The minimum Gasteiger partial charge on any atom is -0.390 e. The molecule has 0 atom stereocenters. The Morgan fingerprint density at radius 1 is 0.478 bits per heavy atom. The molecule has 28 heteroatoms. The number of esters is 4. The molecule has 6 aromatic rings. The van der Waals surface area contributed by atoms with Gasteiger partial charge in [0, 0.05) is 126 Å². The number of nitrogens with zero attached hydrogens (tertiary/aromatic N) is 10. The standard InChI is InChI=1S/C62H68Cl4N12O8S4/c63-41-31-47(87-35-41)51-57(77-25-21-73(22-26-77)43-7-3-1-4-8-43)89-61(69-51)71-55(81)39-29-45(65)53(67-33-39)75-17-13-37(14-18-75)59(83)85-49(79)11-12-50(80)86-60(84)38-15-19-76(20-16-38)54-46(66)30-40(34-68-54)56(82)72-62-70-52(48-32-42(64)36-88-48)58(90-62)78-27-23-74(24-28-78)44-9-5-2-6-10-44/h11-12,29-38,43-44H,1-10,13-28H2,(H,69,71,81)(H,70,72,82)/b12-11-. The third-order valence-corrected chi connectivity index (χ3v) is 23.0. The minimum atomic E-state index is -1.08. The molecule has 0 spiro atoms. The van der Waals surface area contributed by atoms with Crippen LogP contribution in [0.15, 0.2) is 59.6 Å². The van der Waals surface area contributed by atoms with Gasteiger partial charge in [0.25, 0.3) is 11.8 Å². The van der Waals surface area contributed by atoms with Crippen molar-refractivity contribution in [1.29, 1.82) is 0 Å². The average Bonchev–Trinajstić information content (AvgIpc) is 2.12. The van der Waals surface area contributed by atoms with E-state index in [1.807, 2.05) is 32.7 Å². The van der Waals surface area contributed by atoms with Gasteiger partial charge >= 0.3 is 23.9 Å². The van der Waals surface area contributed by atoms with Gasteiger partial charge in [0.2, 0.25) is 0 Å². The summed E-state index contributed by atoms with van der Waals surface area (Å²) in [7, 11) is 0. The highest BCUT2D eigenvalue weighted by molar-refractivity contribution is 7.21. The fourth-order valence-electron chi connectivity index (χ4n) is 13.0. The summed E-state index contributed by atoms with van der Waals surface area (Å²) in [6.45, 7) is 8.81. The Kier molecular flexibility index (Phi) is 21.0. The van der Waals surface area contributed by atoms with E-state index in [1.165, 1.54) is 122 Å². The molecule has 0 unspecified atom stereocenters. The first-order chi connectivity index (χ1) is 43.7. The van der Waals surface area contributed by atoms with Gasteiger partial charge in [-0.15, -0.1) is 22.7 Å². The Bertz CT molecular complexity index is 3400. The van der Waals surface area contributed by atoms with E-state index in [-0.39, 0.29) is 21.2 Å². The zero-order valence-corrected chi connectivity index (χ0v) is 55.6. The van der Waals surface area contributed by atoms with Crippen LogP contribution in [-0.4, -0.2) is 156 Å². The van der Waals surface area contributed by atoms with Crippen LogP contribution in [-0.2, 0) is 28.7 Å². The number of rotatable bonds is 16. The zero-order valence-electron chi connectivity index (χ0n) is 49.4. The molecule has 2 N–H and O–H groups in total. The van der Waals surface area contributed by atoms with Gasteiger partial charge in [0.15, 0.2) is 10.3 Å². The molecule has 6 aromatic heterocycles. The van der Waals surface area contributed by atoms with E-state index in [9.17, 15) is 28.8 Å². The van der Waals surface area contributed by atoms with E-state index in [2.05, 4.69) is 40.2 Å². The van der Waals surface area contributed by atoms with Gasteiger partial charge in [-0.2, -0.15) is 0 Å². The van der Waals surface area contributed by atoms with Gasteiger partial charge in [-0.05, 0) is 75.6 Å². The number of amides is 2. The molecule has 6 fully saturated rings. The van der Waals surface area contributed by atoms with E-state index < -0.39 is 47.5 Å². The summed E-state index contributed by atoms with van der Waals surface area (Å²) in [5.41, 5.74) is 2.08. The second-order valence-corrected chi connectivity index (χ2v) is 29.0. The number of hydrogen-bond donors (Lipinski definition) is 2. The quantitative estimate of drug-likeness (QED) is 0.0523. The molecule has 4 saturated heterocycles. The first-order valence-corrected chi connectivity index (χ1v) is 35.7. The van der Waals surface area contributed by atoms with Crippen LogP contribution < -0.4 is 30.2 Å². The number of thiophene rings is 2. The summed E-state index contributed by atoms with van der Waals surface area (Å²) in [6, 6.07) is 8.23. The maximum absolute atomic E-state index is 13.7. The molecule has 90 heavy (non-hydrogen) atoms. The molecule has 2 amide bonds. The Labute approximate surface area is 557 Å². The van der Waals surface area contributed by atoms with Crippen LogP contribution in [0.5, 0.6) is 0 Å². The van der Waals surface area contributed by atoms with E-state index in [4.69, 9.17) is 65.8 Å². The number of ether oxygens (including phenoxy) is 2. The number of hydrogen-bond acceptors (Lipinski definition) is 22. The lowest BCUT2D eigenvalue weighted by atomic mass is 9.94. The Morgan fingerprint density at radius 3 is 1.20 bits per heavy atom. The summed E-state index contributed by atoms with van der Waals surface area (Å²) in [4.78, 5) is 113. The highest BCUT2D eigenvalue weighted by Gasteiger charge is 2.34. The molecule has 10 heterocycles. The number of nitrogens with one attached hydrogen (secondary N) is 2. The number of piperazine rings is 2. The normalized spacial score (nSPS) is 18.9. The van der Waals surface area contributed by atoms with Crippen LogP contribution in [0.3, 0.4) is 0 Å². The van der Waals surface area contributed by atoms with Crippen LogP contribution in [0.1, 0.15) is 111 Å². The van der Waals surface area contributed by atoms with Gasteiger partial charge in [-0.1, -0.05) is 108 Å². The smallest absolute Gasteiger partial charge is 0.338 e. The van der Waals surface area contributed by atoms with Gasteiger partial charge in [-0.25, -0.2) is 29.5 Å². The lowest BCUT2D eigenvalue weighted by Gasteiger charge is -2.41. The van der Waals surface area contributed by atoms with Crippen LogP contribution in [0.25, 0.3) is 21.1 Å². The summed E-state index contributed by atoms with van der Waals surface area (Å²) in [6.07, 6.45) is 18.6. The van der Waals surface area contributed by atoms with E-state index in [0.717, 1.165) is 95.7 Å². The van der Waals surface area contributed by atoms with Gasteiger partial charge in [0.1, 0.15) is 33.0 Å². The van der Waals surface area contributed by atoms with Crippen molar-refractivity contribution in [3.8, 4) is 21.1 Å². The summed E-state index contributed by atoms with van der Waals surface area (Å²) in [5.74, 6) is -4.87. The second-order valence-electron chi connectivity index (χ2n) is 23.5. The number of anilines is 6. The van der Waals surface area contributed by atoms with Crippen molar-refractivity contribution in [2.24, 2.45) is 11.8 Å². The Balaban J connectivity index is 0.567. The predicted molar refractivity (Wildman–Crippen MR) is 358 cm³/mol. The van der Waals surface area contributed by atoms with Crippen LogP contribution >= 0.6 is 91.8 Å². The third-order valence-electron chi connectivity index (χ3n) is 17.8. The lowest BCUT2D eigenvalue weighted by molar-refractivity contribution is -0.162. The number of pyridine rings is 2. The van der Waals surface area contributed by atoms with Crippen molar-refractivity contribution in [2.75, 3.05) is 109 Å². The molecule has 2 aliphatic carbocycles. The summed E-state index contributed by atoms with van der Waals surface area (Å²) >= 11 is 32.1. The molecule has 12 rings (SSSR count). The van der Waals surface area contributed by atoms with Crippen molar-refractivity contribution >= 4 is 159 Å². The van der Waals surface area contributed by atoms with Crippen molar-refractivity contribution in [1.82, 2.24) is 29.7 Å². The summed E-state index contributed by atoms with van der Waals surface area (Å²) in [5, 5.41) is 14.4. The van der Waals surface area contributed by atoms with Crippen molar-refractivity contribution < 1.29 is 38.2 Å². The first-order valence-electron chi connectivity index (χ1n) is 30.8. The molecule has 0 radical (unpaired) electrons. The lowest BCUT2D eigenvalue weighted by Crippen LogP contribution is -2.50. The first kappa shape index (κ1) is 64.3. The van der Waals surface area contributed by atoms with E-state index in [0.29, 0.717) is 95.9 Å². The number of aromatic nitrogens is 4. The van der Waals surface area contributed by atoms with Gasteiger partial charge in [-0.3, -0.25) is 39.6 Å². The monoisotopic (exact) mass is 1380 g/mol. The third kappa shape index (κ3) is 15.5. The number of piperidine rings is 2. The number of thiazole rings is 2. The average molecular weight is 1380 g/mol. The molecule has 4 aliphatic heterocycles. The van der Waals surface area contributed by atoms with Gasteiger partial charge in [0.05, 0.1) is 52.8 Å². The van der Waals surface area contributed by atoms with Gasteiger partial charge < -0.3 is 29.1 Å². The maximum Gasteiger partial charge on any atom is 0.338 e. The molecule has 476 valence electrons. The number of carbonyl (C=O) groups excluding carboxylic acids is 6. The molecular weight excluding hydrogens is 1310 g/mol. The van der Waals surface area contributed by atoms with Crippen LogP contribution in [0.4, 0.5) is 31.9 Å². The van der Waals surface area contributed by atoms with Crippen molar-refractivity contribution in [3.05, 3.63) is 90.8 Å². The van der Waals surface area contributed by atoms with E-state index in [1.54, 1.807) is 12.1 Å². The maximum atomic E-state index is 13.7. The zero-order chi connectivity index (χ0) is 62.4. The Hall–Kier alpha value is -5.80. The second kappa shape index (κ2) is 29.4. The highest BCUT2D eigenvalue weighted by Crippen LogP contribution is 2.45. The SMILES string of the molecule is O=C(/C=C\C(=O)OC(=O)C1CCN(c2ncc(C(=O)Nc3nc(-c4cc(Cl)cs4)c(N4CCN(C5CCCCC5)CC4)s3)cc2Cl)CC1)OC(=O)C1CCN(c2ncc(C(=O)Nc3nc(-c4cc(Cl)cs4)c(N4CCN(C5CCCCC5)CC4)s3)cc2Cl)CC1. The van der Waals surface area contributed by atoms with Crippen molar-refractivity contribution in [3.63, 3.8) is 0 Å². The van der Waals surface area contributed by atoms with E-state index >= 15 is 0 Å². The summed E-state index contributed by atoms with van der Waals surface area (Å²) < 4.78 is 10.1. The highest BCUT2D eigenvalue weighted by atomic mass is 35.5. The number of carbonyl (C=O) groups is 6. The molecule has 0 bridgehead atoms. The number of halogens is 4. The molecular formula is C62H68Cl4N12O8S4. The Morgan fingerprint density at radius 2 is 0.856 bits per heavy atom. The van der Waals surface area contributed by atoms with Crippen molar-refractivity contribution in [2.45, 2.75) is 102 Å². The fraction of sp³-hybridized carbons (Fsp3) is 0.484. The largest absolute Gasteiger partial charge is 0.390 e. The fourth-order valence-corrected chi connectivity index (χ4v) is 17.8. The van der Waals surface area contributed by atoms with Crippen LogP contribution in [0, 0.1) is 11.8 Å². The predicted octanol–water partition coefficient (Wildman–Crippen LogP) is 12.7. The molecule has 6 aliphatic rings. The minimum absolute atomic E-state index is 0.250. The molecule has 0 aromatic carbocycles. The molecule has 20 nitrogen and oxygen atoms in total. The van der Waals surface area contributed by atoms with Crippen LogP contribution in [0.2, 0.25) is 20.1 Å². The topological polar surface area (TPSA) is 216 Å².